The average molecular weight is 133 g/mol. The van der Waals surface area contributed by atoms with Crippen LogP contribution in [0.4, 0.5) is 0 Å². The van der Waals surface area contributed by atoms with E-state index in [0.717, 1.165) is 5.75 Å². The van der Waals surface area contributed by atoms with Crippen LogP contribution in [0.15, 0.2) is 4.99 Å². The molecule has 0 aromatic carbocycles. The van der Waals surface area contributed by atoms with Crippen molar-refractivity contribution in [1.29, 1.82) is 0 Å². The molecule has 1 nitrogen and oxygen atoms in total. The lowest BCUT2D eigenvalue weighted by atomic mass is 10.7. The molecule has 7 heavy (non-hydrogen) atoms. The summed E-state index contributed by atoms with van der Waals surface area (Å²) in [4.78, 5) is 4.13. The Morgan fingerprint density at radius 3 is 2.86 bits per heavy atom. The molecule has 1 unspecified atom stereocenters. The number of hydrogen-bond donors (Lipinski definition) is 1. The number of nitrogens with zero attached hydrogens (tertiary/aromatic N) is 1. The summed E-state index contributed by atoms with van der Waals surface area (Å²) in [5.41, 5.74) is 0. The van der Waals surface area contributed by atoms with Gasteiger partial charge in [-0.15, -0.1) is 11.8 Å². The van der Waals surface area contributed by atoms with E-state index >= 15 is 0 Å². The van der Waals surface area contributed by atoms with Crippen LogP contribution in [0, 0.1) is 0 Å². The summed E-state index contributed by atoms with van der Waals surface area (Å²) in [6.45, 7) is 2.01. The third-order valence-corrected chi connectivity index (χ3v) is 2.32. The molecule has 0 aliphatic carbocycles. The molecule has 0 aromatic rings. The minimum atomic E-state index is 0.269. The number of rotatable bonds is 0. The van der Waals surface area contributed by atoms with Gasteiger partial charge >= 0.3 is 0 Å². The highest BCUT2D eigenvalue weighted by atomic mass is 32.2. The fourth-order valence-corrected chi connectivity index (χ4v) is 1.62. The van der Waals surface area contributed by atoms with Gasteiger partial charge in [-0.2, -0.15) is 12.6 Å². The smallest absolute Gasteiger partial charge is 0.103 e. The van der Waals surface area contributed by atoms with Crippen LogP contribution >= 0.6 is 24.4 Å². The second-order valence-electron chi connectivity index (χ2n) is 1.44. The van der Waals surface area contributed by atoms with Crippen molar-refractivity contribution >= 4 is 29.4 Å². The zero-order valence-electron chi connectivity index (χ0n) is 4.09. The van der Waals surface area contributed by atoms with Gasteiger partial charge in [-0.3, -0.25) is 4.99 Å². The molecule has 40 valence electrons. The topological polar surface area (TPSA) is 12.4 Å². The molecule has 1 atom stereocenters. The van der Waals surface area contributed by atoms with Gasteiger partial charge in [0, 0.05) is 5.75 Å². The molecule has 0 fully saturated rings. The van der Waals surface area contributed by atoms with Crippen LogP contribution in [0.25, 0.3) is 0 Å². The maximum absolute atomic E-state index is 4.14. The predicted molar refractivity (Wildman–Crippen MR) is 38.3 cm³/mol. The molecule has 1 rings (SSSR count). The van der Waals surface area contributed by atoms with Gasteiger partial charge in [-0.05, 0) is 6.92 Å². The van der Waals surface area contributed by atoms with Crippen molar-refractivity contribution in [3.63, 3.8) is 0 Å². The van der Waals surface area contributed by atoms with E-state index in [1.165, 1.54) is 5.04 Å². The van der Waals surface area contributed by atoms with Gasteiger partial charge in [-0.25, -0.2) is 0 Å². The standard InChI is InChI=1S/C4H7NS2/c1-3-5-4(6)2-7-3/h4,6H,2H2,1H3. The van der Waals surface area contributed by atoms with Gasteiger partial charge in [0.1, 0.15) is 5.37 Å². The first-order valence-corrected chi connectivity index (χ1v) is 3.64. The first-order chi connectivity index (χ1) is 3.29. The van der Waals surface area contributed by atoms with E-state index in [1.54, 1.807) is 11.8 Å². The lowest BCUT2D eigenvalue weighted by Gasteiger charge is -1.86. The molecule has 1 heterocycles. The molecule has 1 aliphatic rings. The maximum atomic E-state index is 4.14. The summed E-state index contributed by atoms with van der Waals surface area (Å²) >= 11 is 5.92. The number of hydrogen-bond acceptors (Lipinski definition) is 3. The summed E-state index contributed by atoms with van der Waals surface area (Å²) in [6.07, 6.45) is 0. The van der Waals surface area contributed by atoms with E-state index in [2.05, 4.69) is 17.6 Å². The molecule has 0 saturated heterocycles. The van der Waals surface area contributed by atoms with E-state index in [-0.39, 0.29) is 5.37 Å². The average Bonchev–Trinajstić information content (AvgIpc) is 1.87. The van der Waals surface area contributed by atoms with Crippen LogP contribution in [0.2, 0.25) is 0 Å². The molecular formula is C4H7NS2. The van der Waals surface area contributed by atoms with Gasteiger partial charge < -0.3 is 0 Å². The van der Waals surface area contributed by atoms with Gasteiger partial charge in [-0.1, -0.05) is 0 Å². The third-order valence-electron chi connectivity index (χ3n) is 0.772. The minimum absolute atomic E-state index is 0.269. The molecule has 0 radical (unpaired) electrons. The number of thioether (sulfide) groups is 1. The van der Waals surface area contributed by atoms with Gasteiger partial charge in [0.15, 0.2) is 0 Å². The Bertz CT molecular complexity index is 99.9. The predicted octanol–water partition coefficient (Wildman–Crippen LogP) is 1.41. The van der Waals surface area contributed by atoms with Crippen molar-refractivity contribution in [2.75, 3.05) is 5.75 Å². The molecule has 0 saturated carbocycles. The SMILES string of the molecule is CC1=NC(S)CS1. The second kappa shape index (κ2) is 2.09. The van der Waals surface area contributed by atoms with Crippen molar-refractivity contribution in [1.82, 2.24) is 0 Å². The number of thiol groups is 1. The molecule has 0 spiro atoms. The quantitative estimate of drug-likeness (QED) is 0.493. The summed E-state index contributed by atoms with van der Waals surface area (Å²) in [5.74, 6) is 1.05. The zero-order chi connectivity index (χ0) is 5.28. The van der Waals surface area contributed by atoms with Gasteiger partial charge in [0.05, 0.1) is 5.04 Å². The molecule has 0 aromatic heterocycles. The van der Waals surface area contributed by atoms with Crippen molar-refractivity contribution in [3.05, 3.63) is 0 Å². The molecular weight excluding hydrogens is 126 g/mol. The third kappa shape index (κ3) is 1.39. The Hall–Kier alpha value is 0.370. The Balaban J connectivity index is 2.50. The Kier molecular flexibility index (Phi) is 1.65. The van der Waals surface area contributed by atoms with Crippen LogP contribution in [0.5, 0.6) is 0 Å². The zero-order valence-corrected chi connectivity index (χ0v) is 5.80. The van der Waals surface area contributed by atoms with Gasteiger partial charge in [0.2, 0.25) is 0 Å². The highest BCUT2D eigenvalue weighted by molar-refractivity contribution is 8.14. The van der Waals surface area contributed by atoms with E-state index in [0.29, 0.717) is 0 Å². The van der Waals surface area contributed by atoms with E-state index < -0.39 is 0 Å². The highest BCUT2D eigenvalue weighted by Crippen LogP contribution is 2.18. The van der Waals surface area contributed by atoms with Gasteiger partial charge in [0.25, 0.3) is 0 Å². The summed E-state index contributed by atoms with van der Waals surface area (Å²) in [7, 11) is 0. The summed E-state index contributed by atoms with van der Waals surface area (Å²) in [6, 6.07) is 0. The van der Waals surface area contributed by atoms with E-state index in [1.807, 2.05) is 6.92 Å². The highest BCUT2D eigenvalue weighted by Gasteiger charge is 2.08. The fourth-order valence-electron chi connectivity index (χ4n) is 0.480. The first-order valence-electron chi connectivity index (χ1n) is 2.14. The molecule has 0 amide bonds. The van der Waals surface area contributed by atoms with Crippen LogP contribution in [-0.4, -0.2) is 16.2 Å². The molecule has 3 heteroatoms. The maximum Gasteiger partial charge on any atom is 0.103 e. The van der Waals surface area contributed by atoms with Crippen LogP contribution in [-0.2, 0) is 0 Å². The van der Waals surface area contributed by atoms with Crippen LogP contribution < -0.4 is 0 Å². The lowest BCUT2D eigenvalue weighted by Crippen LogP contribution is -1.87. The Morgan fingerprint density at radius 1 is 2.00 bits per heavy atom. The lowest BCUT2D eigenvalue weighted by molar-refractivity contribution is 1.09. The van der Waals surface area contributed by atoms with Crippen molar-refractivity contribution in [2.24, 2.45) is 4.99 Å². The fraction of sp³-hybridized carbons (Fsp3) is 0.750. The number of aliphatic imine (C=N–C) groups is 1. The van der Waals surface area contributed by atoms with Crippen molar-refractivity contribution in [3.8, 4) is 0 Å². The Labute approximate surface area is 53.0 Å². The van der Waals surface area contributed by atoms with E-state index in [9.17, 15) is 0 Å². The van der Waals surface area contributed by atoms with Crippen molar-refractivity contribution < 1.29 is 0 Å². The first kappa shape index (κ1) is 5.51. The summed E-state index contributed by atoms with van der Waals surface area (Å²) in [5, 5.41) is 1.44. The molecule has 0 N–H and O–H groups in total. The van der Waals surface area contributed by atoms with Crippen LogP contribution in [0.3, 0.4) is 0 Å². The van der Waals surface area contributed by atoms with Crippen molar-refractivity contribution in [2.45, 2.75) is 12.3 Å². The summed E-state index contributed by atoms with van der Waals surface area (Å²) < 4.78 is 0. The molecule has 0 bridgehead atoms. The van der Waals surface area contributed by atoms with E-state index in [4.69, 9.17) is 0 Å². The molecule has 1 aliphatic heterocycles. The van der Waals surface area contributed by atoms with Crippen LogP contribution in [0.1, 0.15) is 6.92 Å². The Morgan fingerprint density at radius 2 is 2.71 bits per heavy atom. The minimum Gasteiger partial charge on any atom is -0.268 e. The largest absolute Gasteiger partial charge is 0.268 e. The second-order valence-corrected chi connectivity index (χ2v) is 3.25. The monoisotopic (exact) mass is 133 g/mol. The normalized spacial score (nSPS) is 30.6.